The Hall–Kier alpha value is -1.26. The fraction of sp³-hybridized carbons (Fsp3) is 0.875. The standard InChI is InChI=1S/C16H30N2O3/c1-15(2,8-6-13(19)20)9-10-17-14(21)18-11-5-7-16(3,4)12-18/h5-12H2,1-4H3,(H,17,21)(H,19,20). The minimum Gasteiger partial charge on any atom is -0.481 e. The molecule has 21 heavy (non-hydrogen) atoms. The van der Waals surface area contributed by atoms with E-state index in [2.05, 4.69) is 19.2 Å². The lowest BCUT2D eigenvalue weighted by Crippen LogP contribution is -2.48. The number of amides is 2. The number of rotatable bonds is 6. The molecule has 0 atom stereocenters. The molecule has 0 unspecified atom stereocenters. The third kappa shape index (κ3) is 6.82. The molecule has 5 heteroatoms. The number of hydrogen-bond donors (Lipinski definition) is 2. The van der Waals surface area contributed by atoms with Gasteiger partial charge in [0.05, 0.1) is 0 Å². The van der Waals surface area contributed by atoms with Crippen LogP contribution in [0.3, 0.4) is 0 Å². The number of carboxylic acid groups (broad SMARTS) is 1. The molecular weight excluding hydrogens is 268 g/mol. The van der Waals surface area contributed by atoms with Crippen LogP contribution in [0.1, 0.15) is 59.8 Å². The number of aliphatic carboxylic acids is 1. The second-order valence-electron chi connectivity index (χ2n) is 7.73. The summed E-state index contributed by atoms with van der Waals surface area (Å²) in [7, 11) is 0. The van der Waals surface area contributed by atoms with Gasteiger partial charge < -0.3 is 15.3 Å². The molecule has 0 aromatic carbocycles. The van der Waals surface area contributed by atoms with Crippen LogP contribution >= 0.6 is 0 Å². The van der Waals surface area contributed by atoms with Crippen LogP contribution in [0.5, 0.6) is 0 Å². The van der Waals surface area contributed by atoms with Gasteiger partial charge >= 0.3 is 12.0 Å². The zero-order valence-electron chi connectivity index (χ0n) is 13.9. The van der Waals surface area contributed by atoms with E-state index in [9.17, 15) is 9.59 Å². The highest BCUT2D eigenvalue weighted by molar-refractivity contribution is 5.74. The van der Waals surface area contributed by atoms with Crippen molar-refractivity contribution in [3.63, 3.8) is 0 Å². The summed E-state index contributed by atoms with van der Waals surface area (Å²) in [5, 5.41) is 11.7. The molecular formula is C16H30N2O3. The van der Waals surface area contributed by atoms with E-state index < -0.39 is 5.97 Å². The average Bonchev–Trinajstić information content (AvgIpc) is 2.35. The predicted octanol–water partition coefficient (Wildman–Crippen LogP) is 3.10. The van der Waals surface area contributed by atoms with Gasteiger partial charge in [-0.2, -0.15) is 0 Å². The zero-order valence-corrected chi connectivity index (χ0v) is 13.9. The smallest absolute Gasteiger partial charge is 0.317 e. The number of carbonyl (C=O) groups is 2. The van der Waals surface area contributed by atoms with E-state index in [0.717, 1.165) is 25.9 Å². The van der Waals surface area contributed by atoms with Gasteiger partial charge in [0.1, 0.15) is 0 Å². The number of likely N-dealkylation sites (tertiary alicyclic amines) is 1. The van der Waals surface area contributed by atoms with Gasteiger partial charge in [0.15, 0.2) is 0 Å². The first-order valence-electron chi connectivity index (χ1n) is 7.86. The van der Waals surface area contributed by atoms with Crippen LogP contribution in [0.15, 0.2) is 0 Å². The maximum absolute atomic E-state index is 12.2. The number of piperidine rings is 1. The number of urea groups is 1. The Kier molecular flexibility index (Phi) is 6.05. The van der Waals surface area contributed by atoms with E-state index in [4.69, 9.17) is 5.11 Å². The van der Waals surface area contributed by atoms with Crippen LogP contribution in [0.25, 0.3) is 0 Å². The molecule has 1 aliphatic rings. The SMILES string of the molecule is CC(C)(CCNC(=O)N1CCCC(C)(C)C1)CCC(=O)O. The molecule has 0 bridgehead atoms. The molecule has 2 N–H and O–H groups in total. The predicted molar refractivity (Wildman–Crippen MR) is 83.3 cm³/mol. The number of carbonyl (C=O) groups excluding carboxylic acids is 1. The van der Waals surface area contributed by atoms with Crippen molar-refractivity contribution in [1.82, 2.24) is 10.2 Å². The summed E-state index contributed by atoms with van der Waals surface area (Å²) in [6, 6.07) is 0.0109. The van der Waals surface area contributed by atoms with Crippen molar-refractivity contribution in [1.29, 1.82) is 0 Å². The molecule has 0 saturated carbocycles. The van der Waals surface area contributed by atoms with Gasteiger partial charge in [0, 0.05) is 26.1 Å². The normalized spacial score (nSPS) is 18.4. The summed E-state index contributed by atoms with van der Waals surface area (Å²) in [6.07, 6.45) is 3.84. The molecule has 0 aromatic rings. The number of hydrogen-bond acceptors (Lipinski definition) is 2. The van der Waals surface area contributed by atoms with E-state index in [1.165, 1.54) is 6.42 Å². The Morgan fingerprint density at radius 1 is 1.29 bits per heavy atom. The summed E-state index contributed by atoms with van der Waals surface area (Å²) in [5.74, 6) is -0.761. The third-order valence-electron chi connectivity index (χ3n) is 4.28. The highest BCUT2D eigenvalue weighted by atomic mass is 16.4. The molecule has 1 rings (SSSR count). The van der Waals surface area contributed by atoms with Gasteiger partial charge in [-0.25, -0.2) is 4.79 Å². The van der Waals surface area contributed by atoms with E-state index in [1.54, 1.807) is 0 Å². The Bertz CT molecular complexity index is 378. The molecule has 1 heterocycles. The lowest BCUT2D eigenvalue weighted by Gasteiger charge is -2.38. The Balaban J connectivity index is 2.31. The Labute approximate surface area is 128 Å². The van der Waals surface area contributed by atoms with Gasteiger partial charge in [-0.1, -0.05) is 27.7 Å². The number of nitrogens with one attached hydrogen (secondary N) is 1. The quantitative estimate of drug-likeness (QED) is 0.791. The van der Waals surface area contributed by atoms with E-state index in [-0.39, 0.29) is 23.3 Å². The minimum absolute atomic E-state index is 0.0109. The second kappa shape index (κ2) is 7.14. The van der Waals surface area contributed by atoms with Gasteiger partial charge in [-0.3, -0.25) is 4.79 Å². The van der Waals surface area contributed by atoms with Crippen molar-refractivity contribution < 1.29 is 14.7 Å². The van der Waals surface area contributed by atoms with Crippen molar-refractivity contribution in [2.45, 2.75) is 59.8 Å². The highest BCUT2D eigenvalue weighted by Gasteiger charge is 2.29. The first-order valence-corrected chi connectivity index (χ1v) is 7.86. The third-order valence-corrected chi connectivity index (χ3v) is 4.28. The maximum atomic E-state index is 12.2. The second-order valence-corrected chi connectivity index (χ2v) is 7.73. The molecule has 0 aliphatic carbocycles. The minimum atomic E-state index is -0.761. The van der Waals surface area contributed by atoms with E-state index in [0.29, 0.717) is 13.0 Å². The monoisotopic (exact) mass is 298 g/mol. The van der Waals surface area contributed by atoms with E-state index in [1.807, 2.05) is 18.7 Å². The van der Waals surface area contributed by atoms with Crippen LogP contribution in [0.4, 0.5) is 4.79 Å². The van der Waals surface area contributed by atoms with Crippen LogP contribution in [-0.4, -0.2) is 41.6 Å². The molecule has 1 fully saturated rings. The fourth-order valence-corrected chi connectivity index (χ4v) is 2.79. The molecule has 0 spiro atoms. The first-order chi connectivity index (χ1) is 9.61. The van der Waals surface area contributed by atoms with Gasteiger partial charge in [0.2, 0.25) is 0 Å². The van der Waals surface area contributed by atoms with E-state index >= 15 is 0 Å². The highest BCUT2D eigenvalue weighted by Crippen LogP contribution is 2.28. The molecule has 122 valence electrons. The molecule has 1 aliphatic heterocycles. The summed E-state index contributed by atoms with van der Waals surface area (Å²) in [6.45, 7) is 10.7. The molecule has 0 radical (unpaired) electrons. The topological polar surface area (TPSA) is 69.6 Å². The van der Waals surface area contributed by atoms with Crippen LogP contribution in [0.2, 0.25) is 0 Å². The van der Waals surface area contributed by atoms with Gasteiger partial charge in [0.25, 0.3) is 0 Å². The molecule has 1 saturated heterocycles. The largest absolute Gasteiger partial charge is 0.481 e. The van der Waals surface area contributed by atoms with Crippen LogP contribution in [-0.2, 0) is 4.79 Å². The summed E-state index contributed by atoms with van der Waals surface area (Å²) < 4.78 is 0. The summed E-state index contributed by atoms with van der Waals surface area (Å²) >= 11 is 0. The Morgan fingerprint density at radius 3 is 2.52 bits per heavy atom. The first kappa shape index (κ1) is 17.8. The van der Waals surface area contributed by atoms with Crippen molar-refractivity contribution in [2.75, 3.05) is 19.6 Å². The number of carboxylic acids is 1. The van der Waals surface area contributed by atoms with Crippen molar-refractivity contribution >= 4 is 12.0 Å². The lowest BCUT2D eigenvalue weighted by atomic mass is 9.84. The van der Waals surface area contributed by atoms with Gasteiger partial charge in [-0.05, 0) is 36.5 Å². The summed E-state index contributed by atoms with van der Waals surface area (Å²) in [4.78, 5) is 24.7. The fourth-order valence-electron chi connectivity index (χ4n) is 2.79. The summed E-state index contributed by atoms with van der Waals surface area (Å²) in [5.41, 5.74) is 0.142. The molecule has 0 aromatic heterocycles. The van der Waals surface area contributed by atoms with Crippen molar-refractivity contribution in [3.8, 4) is 0 Å². The van der Waals surface area contributed by atoms with Crippen LogP contribution in [0, 0.1) is 10.8 Å². The average molecular weight is 298 g/mol. The Morgan fingerprint density at radius 2 is 1.95 bits per heavy atom. The molecule has 5 nitrogen and oxygen atoms in total. The van der Waals surface area contributed by atoms with Gasteiger partial charge in [-0.15, -0.1) is 0 Å². The number of nitrogens with zero attached hydrogens (tertiary/aromatic N) is 1. The van der Waals surface area contributed by atoms with Crippen molar-refractivity contribution in [2.24, 2.45) is 10.8 Å². The zero-order chi connectivity index (χ0) is 16.1. The molecule has 2 amide bonds. The van der Waals surface area contributed by atoms with Crippen LogP contribution < -0.4 is 5.32 Å². The maximum Gasteiger partial charge on any atom is 0.317 e. The lowest BCUT2D eigenvalue weighted by molar-refractivity contribution is -0.137. The van der Waals surface area contributed by atoms with Crippen molar-refractivity contribution in [3.05, 3.63) is 0 Å².